The largest absolute Gasteiger partial charge is 0.369 e. The molecule has 6 nitrogen and oxygen atoms in total. The zero-order valence-corrected chi connectivity index (χ0v) is 13.4. The Morgan fingerprint density at radius 1 is 1.25 bits per heavy atom. The number of nitrogens with one attached hydrogen (secondary N) is 1. The van der Waals surface area contributed by atoms with E-state index in [0.717, 1.165) is 11.3 Å². The number of anilines is 1. The van der Waals surface area contributed by atoms with E-state index in [2.05, 4.69) is 10.3 Å². The topological polar surface area (TPSA) is 71.5 Å². The molecule has 0 bridgehead atoms. The third-order valence-corrected chi connectivity index (χ3v) is 3.84. The minimum Gasteiger partial charge on any atom is -0.369 e. The van der Waals surface area contributed by atoms with Gasteiger partial charge >= 0.3 is 0 Å². The summed E-state index contributed by atoms with van der Waals surface area (Å²) in [6.45, 7) is 2.41. The lowest BCUT2D eigenvalue weighted by Gasteiger charge is -2.34. The summed E-state index contributed by atoms with van der Waals surface area (Å²) in [7, 11) is 0. The van der Waals surface area contributed by atoms with E-state index in [1.165, 1.54) is 0 Å². The molecule has 0 aliphatic carbocycles. The van der Waals surface area contributed by atoms with Gasteiger partial charge < -0.3 is 15.0 Å². The first-order valence-electron chi connectivity index (χ1n) is 7.79. The molecule has 3 rings (SSSR count). The maximum absolute atomic E-state index is 12.6. The molecule has 1 aromatic heterocycles. The van der Waals surface area contributed by atoms with E-state index in [0.29, 0.717) is 12.4 Å². The number of aryl methyl sites for hydroxylation is 1. The van der Waals surface area contributed by atoms with Crippen molar-refractivity contribution in [1.29, 1.82) is 0 Å². The average Bonchev–Trinajstić information content (AvgIpc) is 2.57. The van der Waals surface area contributed by atoms with Crippen LogP contribution in [0.3, 0.4) is 0 Å². The summed E-state index contributed by atoms with van der Waals surface area (Å²) in [5.74, 6) is -0.0165. The number of carbonyl (C=O) groups excluding carboxylic acids is 2. The van der Waals surface area contributed by atoms with Crippen LogP contribution in [0.2, 0.25) is 0 Å². The van der Waals surface area contributed by atoms with Gasteiger partial charge in [-0.1, -0.05) is 36.4 Å². The zero-order valence-electron chi connectivity index (χ0n) is 13.4. The van der Waals surface area contributed by atoms with Crippen molar-refractivity contribution >= 4 is 17.6 Å². The fraction of sp³-hybridized carbons (Fsp3) is 0.278. The first-order valence-corrected chi connectivity index (χ1v) is 7.79. The number of rotatable bonds is 4. The van der Waals surface area contributed by atoms with Crippen molar-refractivity contribution < 1.29 is 14.3 Å². The molecule has 0 spiro atoms. The predicted molar refractivity (Wildman–Crippen MR) is 89.2 cm³/mol. The van der Waals surface area contributed by atoms with Crippen LogP contribution in [0.25, 0.3) is 0 Å². The molecule has 2 aromatic rings. The molecule has 124 valence electrons. The van der Waals surface area contributed by atoms with Gasteiger partial charge in [0.2, 0.25) is 5.91 Å². The molecule has 1 atom stereocenters. The second-order valence-corrected chi connectivity index (χ2v) is 5.69. The fourth-order valence-electron chi connectivity index (χ4n) is 2.62. The Labute approximate surface area is 140 Å². The number of morpholine rings is 1. The number of ether oxygens (including phenoxy) is 1. The molecule has 0 unspecified atom stereocenters. The minimum atomic E-state index is -0.672. The van der Waals surface area contributed by atoms with Crippen LogP contribution in [0.1, 0.15) is 11.3 Å². The third kappa shape index (κ3) is 3.78. The fourth-order valence-corrected chi connectivity index (χ4v) is 2.62. The first kappa shape index (κ1) is 16.1. The van der Waals surface area contributed by atoms with Gasteiger partial charge in [0.1, 0.15) is 18.5 Å². The van der Waals surface area contributed by atoms with Gasteiger partial charge in [-0.25, -0.2) is 4.98 Å². The van der Waals surface area contributed by atoms with Crippen LogP contribution < -0.4 is 5.32 Å². The monoisotopic (exact) mass is 325 g/mol. The molecule has 1 aromatic carbocycles. The van der Waals surface area contributed by atoms with Gasteiger partial charge in [-0.15, -0.1) is 0 Å². The number of nitrogens with zero attached hydrogens (tertiary/aromatic N) is 2. The molecule has 1 saturated heterocycles. The molecule has 0 radical (unpaired) electrons. The van der Waals surface area contributed by atoms with E-state index in [1.807, 2.05) is 49.4 Å². The van der Waals surface area contributed by atoms with Crippen LogP contribution in [0.15, 0.2) is 48.5 Å². The van der Waals surface area contributed by atoms with Gasteiger partial charge in [-0.3, -0.25) is 9.59 Å². The van der Waals surface area contributed by atoms with Gasteiger partial charge in [0.05, 0.1) is 6.61 Å². The number of aromatic nitrogens is 1. The molecular formula is C18H19N3O3. The zero-order chi connectivity index (χ0) is 16.9. The van der Waals surface area contributed by atoms with Crippen molar-refractivity contribution in [3.63, 3.8) is 0 Å². The Hall–Kier alpha value is -2.73. The van der Waals surface area contributed by atoms with Gasteiger partial charge in [-0.2, -0.15) is 0 Å². The van der Waals surface area contributed by atoms with Crippen molar-refractivity contribution in [3.05, 3.63) is 59.8 Å². The lowest BCUT2D eigenvalue weighted by atomic mass is 10.1. The van der Waals surface area contributed by atoms with Crippen LogP contribution in [-0.2, 0) is 20.9 Å². The second kappa shape index (κ2) is 7.23. The SMILES string of the molecule is Cc1cccc(NC(=O)[C@H]2COCC(=O)N2Cc2ccccc2)n1. The van der Waals surface area contributed by atoms with Crippen LogP contribution in [-0.4, -0.2) is 41.0 Å². The molecule has 24 heavy (non-hydrogen) atoms. The molecule has 2 amide bonds. The number of benzene rings is 1. The van der Waals surface area contributed by atoms with Crippen LogP contribution >= 0.6 is 0 Å². The molecule has 1 aliphatic rings. The Morgan fingerprint density at radius 3 is 2.79 bits per heavy atom. The van der Waals surface area contributed by atoms with Gasteiger partial charge in [0.15, 0.2) is 0 Å². The maximum Gasteiger partial charge on any atom is 0.250 e. The quantitative estimate of drug-likeness (QED) is 0.930. The van der Waals surface area contributed by atoms with Crippen molar-refractivity contribution in [2.45, 2.75) is 19.5 Å². The Morgan fingerprint density at radius 2 is 2.04 bits per heavy atom. The molecule has 1 fully saturated rings. The van der Waals surface area contributed by atoms with E-state index >= 15 is 0 Å². The standard InChI is InChI=1S/C18H19N3O3/c1-13-6-5-9-16(19-13)20-18(23)15-11-24-12-17(22)21(15)10-14-7-3-2-4-8-14/h2-9,15H,10-12H2,1H3,(H,19,20,23)/t15-/m1/s1. The van der Waals surface area contributed by atoms with Crippen molar-refractivity contribution in [2.75, 3.05) is 18.5 Å². The Balaban J connectivity index is 1.75. The minimum absolute atomic E-state index is 0.000686. The summed E-state index contributed by atoms with van der Waals surface area (Å²) in [6.07, 6.45) is 0. The lowest BCUT2D eigenvalue weighted by molar-refractivity contribution is -0.154. The summed E-state index contributed by atoms with van der Waals surface area (Å²) in [4.78, 5) is 30.6. The van der Waals surface area contributed by atoms with Gasteiger partial charge in [0, 0.05) is 12.2 Å². The summed E-state index contributed by atoms with van der Waals surface area (Å²) in [5.41, 5.74) is 1.78. The number of hydrogen-bond acceptors (Lipinski definition) is 4. The van der Waals surface area contributed by atoms with E-state index in [1.54, 1.807) is 11.0 Å². The van der Waals surface area contributed by atoms with Gasteiger partial charge in [-0.05, 0) is 24.6 Å². The Bertz CT molecular complexity index is 733. The van der Waals surface area contributed by atoms with Crippen LogP contribution in [0.4, 0.5) is 5.82 Å². The van der Waals surface area contributed by atoms with E-state index < -0.39 is 6.04 Å². The van der Waals surface area contributed by atoms with Crippen molar-refractivity contribution in [2.24, 2.45) is 0 Å². The second-order valence-electron chi connectivity index (χ2n) is 5.69. The van der Waals surface area contributed by atoms with E-state index in [4.69, 9.17) is 4.74 Å². The average molecular weight is 325 g/mol. The highest BCUT2D eigenvalue weighted by Crippen LogP contribution is 2.15. The van der Waals surface area contributed by atoms with Crippen LogP contribution in [0, 0.1) is 6.92 Å². The van der Waals surface area contributed by atoms with Gasteiger partial charge in [0.25, 0.3) is 5.91 Å². The molecule has 6 heteroatoms. The molecule has 2 heterocycles. The third-order valence-electron chi connectivity index (χ3n) is 3.84. The Kier molecular flexibility index (Phi) is 4.86. The highest BCUT2D eigenvalue weighted by atomic mass is 16.5. The summed E-state index contributed by atoms with van der Waals surface area (Å²) < 4.78 is 5.27. The summed E-state index contributed by atoms with van der Waals surface area (Å²) >= 11 is 0. The molecule has 1 N–H and O–H groups in total. The number of amides is 2. The van der Waals surface area contributed by atoms with E-state index in [-0.39, 0.29) is 25.0 Å². The number of pyridine rings is 1. The maximum atomic E-state index is 12.6. The van der Waals surface area contributed by atoms with Crippen LogP contribution in [0.5, 0.6) is 0 Å². The predicted octanol–water partition coefficient (Wildman–Crippen LogP) is 1.76. The first-order chi connectivity index (χ1) is 11.6. The van der Waals surface area contributed by atoms with Crippen molar-refractivity contribution in [1.82, 2.24) is 9.88 Å². The van der Waals surface area contributed by atoms with E-state index in [9.17, 15) is 9.59 Å². The lowest BCUT2D eigenvalue weighted by Crippen LogP contribution is -2.54. The molecule has 0 saturated carbocycles. The normalized spacial score (nSPS) is 17.6. The number of carbonyl (C=O) groups is 2. The highest BCUT2D eigenvalue weighted by Gasteiger charge is 2.34. The number of hydrogen-bond donors (Lipinski definition) is 1. The summed E-state index contributed by atoms with van der Waals surface area (Å²) in [5, 5.41) is 2.76. The molecular weight excluding hydrogens is 306 g/mol. The summed E-state index contributed by atoms with van der Waals surface area (Å²) in [6, 6.07) is 14.3. The molecule has 1 aliphatic heterocycles. The highest BCUT2D eigenvalue weighted by molar-refractivity contribution is 5.97. The smallest absolute Gasteiger partial charge is 0.250 e. The van der Waals surface area contributed by atoms with Crippen molar-refractivity contribution in [3.8, 4) is 0 Å².